The minimum absolute atomic E-state index is 0.0964. The molecule has 0 aliphatic carbocycles. The highest BCUT2D eigenvalue weighted by molar-refractivity contribution is 7.08. The van der Waals surface area contributed by atoms with Gasteiger partial charge in [-0.2, -0.15) is 11.3 Å². The fourth-order valence-electron chi connectivity index (χ4n) is 3.30. The minimum atomic E-state index is -0.195. The van der Waals surface area contributed by atoms with Gasteiger partial charge in [0.05, 0.1) is 5.56 Å². The predicted molar refractivity (Wildman–Crippen MR) is 119 cm³/mol. The van der Waals surface area contributed by atoms with Crippen molar-refractivity contribution in [2.75, 3.05) is 44.6 Å². The van der Waals surface area contributed by atoms with Crippen LogP contribution >= 0.6 is 11.3 Å². The molecule has 1 aliphatic rings. The van der Waals surface area contributed by atoms with E-state index in [-0.39, 0.29) is 17.4 Å². The molecule has 6 nitrogen and oxygen atoms in total. The van der Waals surface area contributed by atoms with Crippen LogP contribution in [0.15, 0.2) is 41.1 Å². The van der Waals surface area contributed by atoms with E-state index in [1.807, 2.05) is 46.0 Å². The molecule has 3 rings (SSSR count). The van der Waals surface area contributed by atoms with E-state index >= 15 is 0 Å². The van der Waals surface area contributed by atoms with E-state index in [2.05, 4.69) is 36.3 Å². The van der Waals surface area contributed by atoms with Gasteiger partial charge >= 0.3 is 6.03 Å². The first-order valence-corrected chi connectivity index (χ1v) is 11.0. The summed E-state index contributed by atoms with van der Waals surface area (Å²) >= 11 is 1.54. The van der Waals surface area contributed by atoms with Gasteiger partial charge < -0.3 is 15.5 Å². The quantitative estimate of drug-likeness (QED) is 0.785. The zero-order valence-corrected chi connectivity index (χ0v) is 18.2. The Bertz CT molecular complexity index is 804. The summed E-state index contributed by atoms with van der Waals surface area (Å²) in [6, 6.07) is 9.64. The Morgan fingerprint density at radius 1 is 1.03 bits per heavy atom. The number of hydrogen-bond donors (Lipinski definition) is 2. The van der Waals surface area contributed by atoms with Gasteiger partial charge in [0.1, 0.15) is 0 Å². The van der Waals surface area contributed by atoms with E-state index in [1.165, 1.54) is 5.56 Å². The number of thiophene rings is 1. The molecule has 29 heavy (non-hydrogen) atoms. The molecule has 1 fully saturated rings. The van der Waals surface area contributed by atoms with E-state index in [0.717, 1.165) is 44.0 Å². The van der Waals surface area contributed by atoms with Gasteiger partial charge in [0, 0.05) is 50.3 Å². The van der Waals surface area contributed by atoms with E-state index in [1.54, 1.807) is 11.3 Å². The van der Waals surface area contributed by atoms with Crippen LogP contribution in [0.5, 0.6) is 0 Å². The van der Waals surface area contributed by atoms with Crippen LogP contribution in [0.4, 0.5) is 10.5 Å². The molecule has 3 amide bonds. The van der Waals surface area contributed by atoms with Gasteiger partial charge in [-0.3, -0.25) is 9.69 Å². The Balaban J connectivity index is 1.35. The lowest BCUT2D eigenvalue weighted by atomic mass is 9.87. The van der Waals surface area contributed by atoms with Crippen molar-refractivity contribution in [3.05, 3.63) is 52.2 Å². The second kappa shape index (κ2) is 9.41. The zero-order valence-electron chi connectivity index (χ0n) is 17.4. The fourth-order valence-corrected chi connectivity index (χ4v) is 3.93. The van der Waals surface area contributed by atoms with Crippen LogP contribution in [0, 0.1) is 0 Å². The molecule has 0 saturated carbocycles. The SMILES string of the molecule is CC(C)(C)c1ccc(NC(=O)NCCN2CCN(C(=O)c3ccsc3)CC2)cc1. The van der Waals surface area contributed by atoms with Gasteiger partial charge in [-0.25, -0.2) is 4.79 Å². The molecule has 1 aromatic carbocycles. The number of carbonyl (C=O) groups is 2. The largest absolute Gasteiger partial charge is 0.337 e. The Morgan fingerprint density at radius 3 is 2.31 bits per heavy atom. The first-order valence-electron chi connectivity index (χ1n) is 10.0. The number of carbonyl (C=O) groups excluding carboxylic acids is 2. The van der Waals surface area contributed by atoms with Crippen LogP contribution in [0.3, 0.4) is 0 Å². The molecule has 0 bridgehead atoms. The Labute approximate surface area is 176 Å². The molecule has 0 atom stereocenters. The standard InChI is InChI=1S/C22H30N4O2S/c1-22(2,3)18-4-6-19(7-5-18)24-21(28)23-9-10-25-11-13-26(14-12-25)20(27)17-8-15-29-16-17/h4-8,15-16H,9-14H2,1-3H3,(H2,23,24,28). The summed E-state index contributed by atoms with van der Waals surface area (Å²) in [6.07, 6.45) is 0. The number of nitrogens with zero attached hydrogens (tertiary/aromatic N) is 2. The molecule has 156 valence electrons. The van der Waals surface area contributed by atoms with Crippen molar-refractivity contribution in [2.24, 2.45) is 0 Å². The van der Waals surface area contributed by atoms with Crippen LogP contribution in [0.25, 0.3) is 0 Å². The summed E-state index contributed by atoms with van der Waals surface area (Å²) in [6.45, 7) is 10.9. The van der Waals surface area contributed by atoms with Gasteiger partial charge in [0.25, 0.3) is 5.91 Å². The van der Waals surface area contributed by atoms with Crippen molar-refractivity contribution < 1.29 is 9.59 Å². The van der Waals surface area contributed by atoms with Crippen LogP contribution in [-0.2, 0) is 5.41 Å². The maximum atomic E-state index is 12.4. The van der Waals surface area contributed by atoms with Crippen LogP contribution in [-0.4, -0.2) is 61.0 Å². The highest BCUT2D eigenvalue weighted by Gasteiger charge is 2.22. The first-order chi connectivity index (χ1) is 13.8. The normalized spacial score (nSPS) is 15.2. The molecule has 2 heterocycles. The molecular formula is C22H30N4O2S. The number of piperazine rings is 1. The van der Waals surface area contributed by atoms with Gasteiger partial charge in [-0.05, 0) is 34.6 Å². The summed E-state index contributed by atoms with van der Waals surface area (Å²) in [4.78, 5) is 28.7. The lowest BCUT2D eigenvalue weighted by molar-refractivity contribution is 0.0640. The summed E-state index contributed by atoms with van der Waals surface area (Å²) in [5.41, 5.74) is 2.90. The number of hydrogen-bond acceptors (Lipinski definition) is 4. The number of rotatable bonds is 5. The summed E-state index contributed by atoms with van der Waals surface area (Å²) in [5, 5.41) is 9.61. The van der Waals surface area contributed by atoms with Crippen LogP contribution < -0.4 is 10.6 Å². The molecule has 0 radical (unpaired) electrons. The molecular weight excluding hydrogens is 384 g/mol. The number of nitrogens with one attached hydrogen (secondary N) is 2. The zero-order chi connectivity index (χ0) is 20.9. The van der Waals surface area contributed by atoms with E-state index in [9.17, 15) is 9.59 Å². The van der Waals surface area contributed by atoms with Crippen molar-refractivity contribution in [2.45, 2.75) is 26.2 Å². The minimum Gasteiger partial charge on any atom is -0.337 e. The molecule has 1 saturated heterocycles. The smallest absolute Gasteiger partial charge is 0.319 e. The maximum Gasteiger partial charge on any atom is 0.319 e. The average Bonchev–Trinajstić information content (AvgIpc) is 3.22. The van der Waals surface area contributed by atoms with Crippen molar-refractivity contribution >= 4 is 29.0 Å². The summed E-state index contributed by atoms with van der Waals surface area (Å²) in [7, 11) is 0. The van der Waals surface area contributed by atoms with Gasteiger partial charge in [-0.1, -0.05) is 32.9 Å². The number of anilines is 1. The molecule has 7 heteroatoms. The molecule has 1 aromatic heterocycles. The lowest BCUT2D eigenvalue weighted by Crippen LogP contribution is -2.50. The first kappa shape index (κ1) is 21.3. The topological polar surface area (TPSA) is 64.7 Å². The highest BCUT2D eigenvalue weighted by Crippen LogP contribution is 2.23. The van der Waals surface area contributed by atoms with Crippen molar-refractivity contribution in [1.82, 2.24) is 15.1 Å². The summed E-state index contributed by atoms with van der Waals surface area (Å²) < 4.78 is 0. The van der Waals surface area contributed by atoms with Crippen molar-refractivity contribution in [3.63, 3.8) is 0 Å². The van der Waals surface area contributed by atoms with E-state index < -0.39 is 0 Å². The second-order valence-electron chi connectivity index (χ2n) is 8.35. The summed E-state index contributed by atoms with van der Waals surface area (Å²) in [5.74, 6) is 0.112. The number of amides is 3. The van der Waals surface area contributed by atoms with Gasteiger partial charge in [0.15, 0.2) is 0 Å². The predicted octanol–water partition coefficient (Wildman–Crippen LogP) is 3.63. The molecule has 2 N–H and O–H groups in total. The molecule has 1 aliphatic heterocycles. The van der Waals surface area contributed by atoms with Crippen molar-refractivity contribution in [3.8, 4) is 0 Å². The monoisotopic (exact) mass is 414 g/mol. The second-order valence-corrected chi connectivity index (χ2v) is 9.13. The number of benzene rings is 1. The van der Waals surface area contributed by atoms with E-state index in [0.29, 0.717) is 6.54 Å². The number of urea groups is 1. The third-order valence-electron chi connectivity index (χ3n) is 5.15. The molecule has 0 unspecified atom stereocenters. The average molecular weight is 415 g/mol. The molecule has 2 aromatic rings. The van der Waals surface area contributed by atoms with Crippen LogP contribution in [0.1, 0.15) is 36.7 Å². The highest BCUT2D eigenvalue weighted by atomic mass is 32.1. The van der Waals surface area contributed by atoms with Gasteiger partial charge in [-0.15, -0.1) is 0 Å². The van der Waals surface area contributed by atoms with E-state index in [4.69, 9.17) is 0 Å². The third-order valence-corrected chi connectivity index (χ3v) is 5.83. The molecule has 0 spiro atoms. The Kier molecular flexibility index (Phi) is 6.92. The van der Waals surface area contributed by atoms with Crippen LogP contribution in [0.2, 0.25) is 0 Å². The Hall–Kier alpha value is -2.38. The maximum absolute atomic E-state index is 12.4. The fraction of sp³-hybridized carbons (Fsp3) is 0.455. The Morgan fingerprint density at radius 2 is 1.72 bits per heavy atom. The van der Waals surface area contributed by atoms with Gasteiger partial charge in [0.2, 0.25) is 0 Å². The van der Waals surface area contributed by atoms with Crippen molar-refractivity contribution in [1.29, 1.82) is 0 Å². The lowest BCUT2D eigenvalue weighted by Gasteiger charge is -2.34. The third kappa shape index (κ3) is 6.05.